The number of ether oxygens (including phenoxy) is 2. The first-order valence-electron chi connectivity index (χ1n) is 10.4. The van der Waals surface area contributed by atoms with Gasteiger partial charge in [-0.1, -0.05) is 11.3 Å². The Morgan fingerprint density at radius 2 is 1.94 bits per heavy atom. The number of thioether (sulfide) groups is 1. The molecule has 0 aliphatic rings. The molecule has 4 rings (SSSR count). The number of hydrogen-bond acceptors (Lipinski definition) is 8. The number of aryl methyl sites for hydroxylation is 1. The van der Waals surface area contributed by atoms with Crippen molar-refractivity contribution in [1.82, 2.24) is 20.0 Å². The summed E-state index contributed by atoms with van der Waals surface area (Å²) in [7, 11) is 0. The molecule has 33 heavy (non-hydrogen) atoms. The lowest BCUT2D eigenvalue weighted by Crippen LogP contribution is -2.09. The van der Waals surface area contributed by atoms with E-state index in [1.807, 2.05) is 61.7 Å². The van der Waals surface area contributed by atoms with E-state index in [2.05, 4.69) is 15.3 Å². The molecule has 0 atom stereocenters. The molecule has 0 aliphatic carbocycles. The van der Waals surface area contributed by atoms with Crippen molar-refractivity contribution in [2.24, 2.45) is 0 Å². The van der Waals surface area contributed by atoms with Crippen LogP contribution < -0.4 is 4.74 Å². The summed E-state index contributed by atoms with van der Waals surface area (Å²) in [4.78, 5) is 18.3. The summed E-state index contributed by atoms with van der Waals surface area (Å²) < 4.78 is 18.3. The molecule has 0 aliphatic heterocycles. The third-order valence-corrected chi connectivity index (χ3v) is 5.76. The molecule has 0 amide bonds. The van der Waals surface area contributed by atoms with Crippen molar-refractivity contribution in [3.63, 3.8) is 0 Å². The smallest absolute Gasteiger partial charge is 0.361 e. The standard InChI is InChI=1S/C24H24N4O4S/c1-5-30-19-11-9-17(10-12-19)23-25-21(16(3)32-23)14-31-24(29)22-15(2)28(27-26-22)18-7-6-8-20(13-18)33-4/h6-13H,5,14H2,1-4H3. The van der Waals surface area contributed by atoms with Crippen molar-refractivity contribution in [1.29, 1.82) is 0 Å². The van der Waals surface area contributed by atoms with Gasteiger partial charge in [0.15, 0.2) is 5.69 Å². The Balaban J connectivity index is 1.46. The molecule has 170 valence electrons. The Hall–Kier alpha value is -3.59. The monoisotopic (exact) mass is 464 g/mol. The summed E-state index contributed by atoms with van der Waals surface area (Å²) in [6, 6.07) is 15.3. The van der Waals surface area contributed by atoms with Gasteiger partial charge in [-0.3, -0.25) is 0 Å². The van der Waals surface area contributed by atoms with Crippen molar-refractivity contribution in [2.45, 2.75) is 32.3 Å². The average molecular weight is 465 g/mol. The molecule has 4 aromatic rings. The fraction of sp³-hybridized carbons (Fsp3) is 0.250. The van der Waals surface area contributed by atoms with Gasteiger partial charge in [0, 0.05) is 10.5 Å². The van der Waals surface area contributed by atoms with Crippen molar-refractivity contribution >= 4 is 17.7 Å². The molecule has 0 saturated carbocycles. The number of benzene rings is 2. The SMILES string of the molecule is CCOc1ccc(-c2nc(COC(=O)c3nnn(-c4cccc(SC)c4)c3C)c(C)o2)cc1. The summed E-state index contributed by atoms with van der Waals surface area (Å²) in [5.41, 5.74) is 2.95. The van der Waals surface area contributed by atoms with Gasteiger partial charge in [0.05, 0.1) is 18.0 Å². The van der Waals surface area contributed by atoms with Crippen molar-refractivity contribution in [2.75, 3.05) is 12.9 Å². The van der Waals surface area contributed by atoms with Crippen LogP contribution in [0.5, 0.6) is 5.75 Å². The Bertz CT molecular complexity index is 1260. The molecular formula is C24H24N4O4S. The molecule has 0 saturated heterocycles. The van der Waals surface area contributed by atoms with Crippen LogP contribution in [-0.4, -0.2) is 38.8 Å². The fourth-order valence-corrected chi connectivity index (χ4v) is 3.71. The van der Waals surface area contributed by atoms with E-state index < -0.39 is 5.97 Å². The number of carbonyl (C=O) groups excluding carboxylic acids is 1. The molecule has 0 bridgehead atoms. The summed E-state index contributed by atoms with van der Waals surface area (Å²) in [6.45, 7) is 6.08. The highest BCUT2D eigenvalue weighted by atomic mass is 32.2. The predicted octanol–water partition coefficient (Wildman–Crippen LogP) is 5.02. The molecule has 2 aromatic carbocycles. The number of nitrogens with zero attached hydrogens (tertiary/aromatic N) is 4. The van der Waals surface area contributed by atoms with Crippen LogP contribution in [0.15, 0.2) is 57.8 Å². The average Bonchev–Trinajstić information content (AvgIpc) is 3.40. The third kappa shape index (κ3) is 4.93. The molecule has 0 spiro atoms. The lowest BCUT2D eigenvalue weighted by molar-refractivity contribution is 0.0459. The molecular weight excluding hydrogens is 440 g/mol. The van der Waals surface area contributed by atoms with Crippen molar-refractivity contribution < 1.29 is 18.7 Å². The lowest BCUT2D eigenvalue weighted by atomic mass is 10.2. The van der Waals surface area contributed by atoms with Crippen LogP contribution in [-0.2, 0) is 11.3 Å². The number of rotatable bonds is 8. The molecule has 2 heterocycles. The summed E-state index contributed by atoms with van der Waals surface area (Å²) in [6.07, 6.45) is 2.00. The maximum atomic E-state index is 12.7. The van der Waals surface area contributed by atoms with Crippen LogP contribution in [0.2, 0.25) is 0 Å². The molecule has 0 unspecified atom stereocenters. The van der Waals surface area contributed by atoms with Gasteiger partial charge in [-0.25, -0.2) is 14.5 Å². The maximum Gasteiger partial charge on any atom is 0.361 e. The van der Waals surface area contributed by atoms with Gasteiger partial charge in [-0.2, -0.15) is 0 Å². The summed E-state index contributed by atoms with van der Waals surface area (Å²) in [5, 5.41) is 8.17. The Kier molecular flexibility index (Phi) is 6.79. The quantitative estimate of drug-likeness (QED) is 0.265. The van der Waals surface area contributed by atoms with Crippen LogP contribution in [0.1, 0.15) is 34.6 Å². The zero-order valence-electron chi connectivity index (χ0n) is 18.9. The van der Waals surface area contributed by atoms with Crippen LogP contribution >= 0.6 is 11.8 Å². The van der Waals surface area contributed by atoms with E-state index >= 15 is 0 Å². The van der Waals surface area contributed by atoms with Gasteiger partial charge in [0.2, 0.25) is 5.89 Å². The normalized spacial score (nSPS) is 10.9. The first-order chi connectivity index (χ1) is 16.0. The minimum absolute atomic E-state index is 0.0283. The van der Waals surface area contributed by atoms with E-state index in [-0.39, 0.29) is 12.3 Å². The number of carbonyl (C=O) groups is 1. The van der Waals surface area contributed by atoms with Gasteiger partial charge < -0.3 is 13.9 Å². The van der Waals surface area contributed by atoms with Crippen molar-refractivity contribution in [3.8, 4) is 22.9 Å². The van der Waals surface area contributed by atoms with Gasteiger partial charge in [-0.05, 0) is 69.5 Å². The number of aromatic nitrogens is 4. The minimum atomic E-state index is -0.565. The summed E-state index contributed by atoms with van der Waals surface area (Å²) in [5.74, 6) is 1.26. The molecule has 8 nitrogen and oxygen atoms in total. The largest absolute Gasteiger partial charge is 0.494 e. The molecule has 0 N–H and O–H groups in total. The Morgan fingerprint density at radius 3 is 2.67 bits per heavy atom. The lowest BCUT2D eigenvalue weighted by Gasteiger charge is -2.05. The zero-order chi connectivity index (χ0) is 23.4. The van der Waals surface area contributed by atoms with Crippen LogP contribution in [0.25, 0.3) is 17.1 Å². The highest BCUT2D eigenvalue weighted by molar-refractivity contribution is 7.98. The van der Waals surface area contributed by atoms with E-state index in [4.69, 9.17) is 13.9 Å². The highest BCUT2D eigenvalue weighted by Crippen LogP contribution is 2.25. The van der Waals surface area contributed by atoms with E-state index in [0.717, 1.165) is 21.9 Å². The first kappa shape index (κ1) is 22.6. The summed E-state index contributed by atoms with van der Waals surface area (Å²) >= 11 is 1.63. The Labute approximate surface area is 195 Å². The van der Waals surface area contributed by atoms with Gasteiger partial charge >= 0.3 is 5.97 Å². The zero-order valence-corrected chi connectivity index (χ0v) is 19.7. The van der Waals surface area contributed by atoms with E-state index in [9.17, 15) is 4.79 Å². The van der Waals surface area contributed by atoms with E-state index in [1.54, 1.807) is 30.3 Å². The molecule has 2 aromatic heterocycles. The molecule has 9 heteroatoms. The topological polar surface area (TPSA) is 92.3 Å². The maximum absolute atomic E-state index is 12.7. The second-order valence-electron chi connectivity index (χ2n) is 7.19. The van der Waals surface area contributed by atoms with Crippen LogP contribution in [0, 0.1) is 13.8 Å². The van der Waals surface area contributed by atoms with E-state index in [0.29, 0.717) is 29.6 Å². The molecule has 0 fully saturated rings. The highest BCUT2D eigenvalue weighted by Gasteiger charge is 2.20. The predicted molar refractivity (Wildman–Crippen MR) is 125 cm³/mol. The second-order valence-corrected chi connectivity index (χ2v) is 8.07. The fourth-order valence-electron chi connectivity index (χ4n) is 3.25. The van der Waals surface area contributed by atoms with Gasteiger partial charge in [0.25, 0.3) is 0 Å². The van der Waals surface area contributed by atoms with Gasteiger partial charge in [-0.15, -0.1) is 16.9 Å². The minimum Gasteiger partial charge on any atom is -0.494 e. The number of hydrogen-bond donors (Lipinski definition) is 0. The van der Waals surface area contributed by atoms with Crippen LogP contribution in [0.4, 0.5) is 0 Å². The Morgan fingerprint density at radius 1 is 1.15 bits per heavy atom. The number of oxazole rings is 1. The second kappa shape index (κ2) is 9.91. The third-order valence-electron chi connectivity index (χ3n) is 5.03. The first-order valence-corrected chi connectivity index (χ1v) is 11.7. The molecule has 0 radical (unpaired) electrons. The number of esters is 1. The van der Waals surface area contributed by atoms with Crippen LogP contribution in [0.3, 0.4) is 0 Å². The van der Waals surface area contributed by atoms with E-state index in [1.165, 1.54) is 0 Å². The van der Waals surface area contributed by atoms with Gasteiger partial charge in [0.1, 0.15) is 23.8 Å². The van der Waals surface area contributed by atoms with Crippen molar-refractivity contribution in [3.05, 3.63) is 71.4 Å².